The van der Waals surface area contributed by atoms with Crippen LogP contribution in [0.15, 0.2) is 78.9 Å². The summed E-state index contributed by atoms with van der Waals surface area (Å²) < 4.78 is 0. The highest BCUT2D eigenvalue weighted by atomic mass is 16.2. The summed E-state index contributed by atoms with van der Waals surface area (Å²) in [7, 11) is 0. The molecule has 3 aromatic carbocycles. The Hall–Kier alpha value is -3.40. The van der Waals surface area contributed by atoms with Crippen LogP contribution in [0.2, 0.25) is 0 Å². The lowest BCUT2D eigenvalue weighted by Crippen LogP contribution is -2.29. The Morgan fingerprint density at radius 2 is 1.48 bits per heavy atom. The van der Waals surface area contributed by atoms with Gasteiger partial charge >= 0.3 is 0 Å². The standard InChI is InChI=1S/C23H20N2O2/c26-22(24-16-17-6-2-1-3-7-17)19-10-12-20(13-11-19)23(27)25-15-14-18-8-4-5-9-21(18)25/h1-13H,14-16H2,(H,24,26). The minimum atomic E-state index is -0.149. The predicted octanol–water partition coefficient (Wildman–Crippen LogP) is 3.82. The number of nitrogens with zero attached hydrogens (tertiary/aromatic N) is 1. The number of hydrogen-bond acceptors (Lipinski definition) is 2. The molecule has 1 aliphatic heterocycles. The van der Waals surface area contributed by atoms with Crippen molar-refractivity contribution in [2.24, 2.45) is 0 Å². The lowest BCUT2D eigenvalue weighted by atomic mass is 10.1. The molecular formula is C23H20N2O2. The zero-order valence-corrected chi connectivity index (χ0v) is 14.9. The van der Waals surface area contributed by atoms with Crippen molar-refractivity contribution in [2.45, 2.75) is 13.0 Å². The minimum absolute atomic E-state index is 0.0313. The Bertz CT molecular complexity index is 965. The largest absolute Gasteiger partial charge is 0.348 e. The number of fused-ring (bicyclic) bond motifs is 1. The van der Waals surface area contributed by atoms with E-state index in [0.29, 0.717) is 24.2 Å². The quantitative estimate of drug-likeness (QED) is 0.773. The monoisotopic (exact) mass is 356 g/mol. The highest BCUT2D eigenvalue weighted by molar-refractivity contribution is 6.07. The van der Waals surface area contributed by atoms with Crippen LogP contribution in [-0.4, -0.2) is 18.4 Å². The molecule has 4 nitrogen and oxygen atoms in total. The number of benzene rings is 3. The van der Waals surface area contributed by atoms with Gasteiger partial charge in [-0.05, 0) is 47.9 Å². The Balaban J connectivity index is 1.43. The fourth-order valence-corrected chi connectivity index (χ4v) is 3.35. The summed E-state index contributed by atoms with van der Waals surface area (Å²) in [5.41, 5.74) is 4.36. The normalized spacial score (nSPS) is 12.5. The summed E-state index contributed by atoms with van der Waals surface area (Å²) in [5, 5.41) is 2.90. The molecule has 1 heterocycles. The number of anilines is 1. The molecule has 0 spiro atoms. The Labute approximate surface area is 158 Å². The number of carbonyl (C=O) groups excluding carboxylic acids is 2. The van der Waals surface area contributed by atoms with Gasteiger partial charge in [-0.1, -0.05) is 48.5 Å². The smallest absolute Gasteiger partial charge is 0.258 e. The molecule has 3 aromatic rings. The maximum Gasteiger partial charge on any atom is 0.258 e. The Kier molecular flexibility index (Phi) is 4.71. The summed E-state index contributed by atoms with van der Waals surface area (Å²) >= 11 is 0. The first kappa shape index (κ1) is 17.0. The molecule has 0 bridgehead atoms. The molecule has 0 fully saturated rings. The van der Waals surface area contributed by atoms with Crippen molar-refractivity contribution in [1.82, 2.24) is 5.32 Å². The van der Waals surface area contributed by atoms with Crippen LogP contribution in [0.4, 0.5) is 5.69 Å². The summed E-state index contributed by atoms with van der Waals surface area (Å²) in [4.78, 5) is 26.9. The van der Waals surface area contributed by atoms with Crippen LogP contribution in [0.5, 0.6) is 0 Å². The van der Waals surface area contributed by atoms with E-state index in [2.05, 4.69) is 11.4 Å². The average molecular weight is 356 g/mol. The summed E-state index contributed by atoms with van der Waals surface area (Å²) in [5.74, 6) is -0.180. The van der Waals surface area contributed by atoms with Gasteiger partial charge in [-0.25, -0.2) is 0 Å². The lowest BCUT2D eigenvalue weighted by molar-refractivity contribution is 0.0947. The van der Waals surface area contributed by atoms with Crippen LogP contribution in [0, 0.1) is 0 Å². The summed E-state index contributed by atoms with van der Waals surface area (Å²) in [6, 6.07) is 24.6. The number of rotatable bonds is 4. The molecule has 0 aromatic heterocycles. The molecule has 2 amide bonds. The van der Waals surface area contributed by atoms with E-state index in [1.807, 2.05) is 48.5 Å². The van der Waals surface area contributed by atoms with Crippen molar-refractivity contribution >= 4 is 17.5 Å². The minimum Gasteiger partial charge on any atom is -0.348 e. The molecule has 1 N–H and O–H groups in total. The molecule has 0 saturated heterocycles. The van der Waals surface area contributed by atoms with Crippen LogP contribution >= 0.6 is 0 Å². The fraction of sp³-hybridized carbons (Fsp3) is 0.130. The van der Waals surface area contributed by atoms with Crippen molar-refractivity contribution in [1.29, 1.82) is 0 Å². The molecule has 0 unspecified atom stereocenters. The van der Waals surface area contributed by atoms with E-state index in [-0.39, 0.29) is 11.8 Å². The molecule has 1 aliphatic rings. The van der Waals surface area contributed by atoms with Gasteiger partial charge in [0.25, 0.3) is 11.8 Å². The second-order valence-corrected chi connectivity index (χ2v) is 6.58. The second kappa shape index (κ2) is 7.46. The molecule has 0 atom stereocenters. The van der Waals surface area contributed by atoms with E-state index in [4.69, 9.17) is 0 Å². The van der Waals surface area contributed by atoms with E-state index < -0.39 is 0 Å². The first-order valence-electron chi connectivity index (χ1n) is 9.04. The van der Waals surface area contributed by atoms with Gasteiger partial charge in [0.05, 0.1) is 0 Å². The van der Waals surface area contributed by atoms with Crippen LogP contribution in [-0.2, 0) is 13.0 Å². The molecule has 0 aliphatic carbocycles. The highest BCUT2D eigenvalue weighted by Crippen LogP contribution is 2.28. The average Bonchev–Trinajstić information content (AvgIpc) is 3.16. The van der Waals surface area contributed by atoms with Gasteiger partial charge in [0.2, 0.25) is 0 Å². The molecule has 134 valence electrons. The number of hydrogen-bond donors (Lipinski definition) is 1. The fourth-order valence-electron chi connectivity index (χ4n) is 3.35. The van der Waals surface area contributed by atoms with Crippen molar-refractivity contribution < 1.29 is 9.59 Å². The SMILES string of the molecule is O=C(NCc1ccccc1)c1ccc(C(=O)N2CCc3ccccc32)cc1. The van der Waals surface area contributed by atoms with Crippen LogP contribution < -0.4 is 10.2 Å². The van der Waals surface area contributed by atoms with Gasteiger partial charge in [-0.3, -0.25) is 9.59 Å². The summed E-state index contributed by atoms with van der Waals surface area (Å²) in [6.07, 6.45) is 0.877. The Morgan fingerprint density at radius 1 is 0.815 bits per heavy atom. The van der Waals surface area contributed by atoms with Crippen LogP contribution in [0.25, 0.3) is 0 Å². The molecule has 0 radical (unpaired) electrons. The molecular weight excluding hydrogens is 336 g/mol. The maximum atomic E-state index is 12.8. The molecule has 0 saturated carbocycles. The van der Waals surface area contributed by atoms with E-state index in [1.165, 1.54) is 5.56 Å². The van der Waals surface area contributed by atoms with Crippen molar-refractivity contribution in [2.75, 3.05) is 11.4 Å². The summed E-state index contributed by atoms with van der Waals surface area (Å²) in [6.45, 7) is 1.17. The van der Waals surface area contributed by atoms with Gasteiger partial charge in [-0.2, -0.15) is 0 Å². The van der Waals surface area contributed by atoms with Gasteiger partial charge in [0.15, 0.2) is 0 Å². The zero-order chi connectivity index (χ0) is 18.6. The van der Waals surface area contributed by atoms with Gasteiger partial charge in [-0.15, -0.1) is 0 Å². The van der Waals surface area contributed by atoms with Crippen molar-refractivity contribution in [3.63, 3.8) is 0 Å². The lowest BCUT2D eigenvalue weighted by Gasteiger charge is -2.17. The van der Waals surface area contributed by atoms with E-state index in [1.54, 1.807) is 29.2 Å². The van der Waals surface area contributed by atoms with Gasteiger partial charge < -0.3 is 10.2 Å². The number of nitrogens with one attached hydrogen (secondary N) is 1. The topological polar surface area (TPSA) is 49.4 Å². The van der Waals surface area contributed by atoms with E-state index in [9.17, 15) is 9.59 Å². The third kappa shape index (κ3) is 3.60. The van der Waals surface area contributed by atoms with Gasteiger partial charge in [0, 0.05) is 29.9 Å². The van der Waals surface area contributed by atoms with Crippen molar-refractivity contribution in [3.05, 3.63) is 101 Å². The van der Waals surface area contributed by atoms with Crippen LogP contribution in [0.3, 0.4) is 0 Å². The molecule has 4 heteroatoms. The van der Waals surface area contributed by atoms with E-state index in [0.717, 1.165) is 17.7 Å². The van der Waals surface area contributed by atoms with Crippen LogP contribution in [0.1, 0.15) is 31.8 Å². The highest BCUT2D eigenvalue weighted by Gasteiger charge is 2.25. The number of carbonyl (C=O) groups is 2. The predicted molar refractivity (Wildman–Crippen MR) is 106 cm³/mol. The molecule has 27 heavy (non-hydrogen) atoms. The third-order valence-corrected chi connectivity index (χ3v) is 4.82. The zero-order valence-electron chi connectivity index (χ0n) is 14.9. The third-order valence-electron chi connectivity index (χ3n) is 4.82. The first-order chi connectivity index (χ1) is 13.2. The maximum absolute atomic E-state index is 12.8. The van der Waals surface area contributed by atoms with Crippen molar-refractivity contribution in [3.8, 4) is 0 Å². The Morgan fingerprint density at radius 3 is 2.26 bits per heavy atom. The van der Waals surface area contributed by atoms with E-state index >= 15 is 0 Å². The molecule has 4 rings (SSSR count). The number of amides is 2. The number of para-hydroxylation sites is 1. The second-order valence-electron chi connectivity index (χ2n) is 6.58. The van der Waals surface area contributed by atoms with Gasteiger partial charge in [0.1, 0.15) is 0 Å². The first-order valence-corrected chi connectivity index (χ1v) is 9.04.